The monoisotopic (exact) mass is 466 g/mol. The first-order chi connectivity index (χ1) is 15.7. The van der Waals surface area contributed by atoms with Crippen LogP contribution in [0.4, 0.5) is 5.69 Å². The van der Waals surface area contributed by atoms with Gasteiger partial charge in [-0.15, -0.1) is 0 Å². The van der Waals surface area contributed by atoms with Gasteiger partial charge in [0.25, 0.3) is 11.6 Å². The molecule has 1 atom stereocenters. The van der Waals surface area contributed by atoms with Gasteiger partial charge < -0.3 is 0 Å². The van der Waals surface area contributed by atoms with Crippen molar-refractivity contribution in [3.05, 3.63) is 106 Å². The Morgan fingerprint density at radius 1 is 1.03 bits per heavy atom. The molecule has 0 saturated carbocycles. The zero-order chi connectivity index (χ0) is 23.8. The summed E-state index contributed by atoms with van der Waals surface area (Å²) in [5.74, 6) is -0.646. The van der Waals surface area contributed by atoms with E-state index < -0.39 is 26.9 Å². The standard InChI is InChI=1S/C23H22N4O5S/c1-17-7-13-21(14-8-17)33(31,32)26-22(15-18-5-3-2-4-6-18)23(28)25-24-16-19-9-11-20(12-10-19)27(29)30/h2-14,16,22,26H,15H2,1H3,(H,25,28)/b24-16+/t22-/m0/s1. The predicted octanol–water partition coefficient (Wildman–Crippen LogP) is 2.94. The molecule has 9 nitrogen and oxygen atoms in total. The van der Waals surface area contributed by atoms with Crippen LogP contribution in [0.2, 0.25) is 0 Å². The van der Waals surface area contributed by atoms with E-state index in [0.29, 0.717) is 5.56 Å². The molecule has 2 N–H and O–H groups in total. The van der Waals surface area contributed by atoms with Crippen molar-refractivity contribution in [2.24, 2.45) is 5.10 Å². The van der Waals surface area contributed by atoms with Gasteiger partial charge >= 0.3 is 0 Å². The van der Waals surface area contributed by atoms with Gasteiger partial charge in [0.1, 0.15) is 6.04 Å². The molecule has 3 rings (SSSR count). The average Bonchev–Trinajstić information content (AvgIpc) is 2.80. The summed E-state index contributed by atoms with van der Waals surface area (Å²) in [6, 6.07) is 19.8. The van der Waals surface area contributed by atoms with E-state index >= 15 is 0 Å². The Morgan fingerprint density at radius 2 is 1.67 bits per heavy atom. The van der Waals surface area contributed by atoms with Gasteiger partial charge in [-0.05, 0) is 48.7 Å². The van der Waals surface area contributed by atoms with E-state index in [0.717, 1.165) is 11.1 Å². The number of hydrazone groups is 1. The normalized spacial score (nSPS) is 12.4. The Balaban J connectivity index is 1.75. The summed E-state index contributed by atoms with van der Waals surface area (Å²) in [7, 11) is -3.96. The molecule has 0 heterocycles. The molecule has 170 valence electrons. The SMILES string of the molecule is Cc1ccc(S(=O)(=O)N[C@@H](Cc2ccccc2)C(=O)N/N=C/c2ccc([N+](=O)[O-])cc2)cc1. The topological polar surface area (TPSA) is 131 Å². The van der Waals surface area contributed by atoms with Crippen LogP contribution in [0.3, 0.4) is 0 Å². The van der Waals surface area contributed by atoms with Gasteiger partial charge in [-0.2, -0.15) is 9.82 Å². The maximum Gasteiger partial charge on any atom is 0.269 e. The molecule has 33 heavy (non-hydrogen) atoms. The zero-order valence-corrected chi connectivity index (χ0v) is 18.5. The van der Waals surface area contributed by atoms with E-state index in [-0.39, 0.29) is 17.0 Å². The van der Waals surface area contributed by atoms with Crippen molar-refractivity contribution >= 4 is 27.8 Å². The van der Waals surface area contributed by atoms with E-state index in [1.165, 1.54) is 42.6 Å². The third-order valence-electron chi connectivity index (χ3n) is 4.72. The molecule has 0 aliphatic carbocycles. The van der Waals surface area contributed by atoms with Gasteiger partial charge in [-0.1, -0.05) is 48.0 Å². The molecule has 0 aromatic heterocycles. The molecular formula is C23H22N4O5S. The van der Waals surface area contributed by atoms with Crippen LogP contribution in [0.25, 0.3) is 0 Å². The van der Waals surface area contributed by atoms with Crippen LogP contribution in [0, 0.1) is 17.0 Å². The number of hydrogen-bond donors (Lipinski definition) is 2. The van der Waals surface area contributed by atoms with Crippen molar-refractivity contribution in [3.63, 3.8) is 0 Å². The quantitative estimate of drug-likeness (QED) is 0.284. The van der Waals surface area contributed by atoms with Crippen LogP contribution in [-0.2, 0) is 21.2 Å². The van der Waals surface area contributed by atoms with Crippen LogP contribution in [-0.4, -0.2) is 31.5 Å². The molecule has 1 amide bonds. The third-order valence-corrected chi connectivity index (χ3v) is 6.21. The van der Waals surface area contributed by atoms with Gasteiger partial charge in [0, 0.05) is 12.1 Å². The van der Waals surface area contributed by atoms with Crippen molar-refractivity contribution in [1.82, 2.24) is 10.1 Å². The number of nitrogens with zero attached hydrogens (tertiary/aromatic N) is 2. The summed E-state index contributed by atoms with van der Waals surface area (Å²) in [6.07, 6.45) is 1.43. The number of benzene rings is 3. The lowest BCUT2D eigenvalue weighted by Crippen LogP contribution is -2.46. The number of carbonyl (C=O) groups is 1. The number of non-ortho nitro benzene ring substituents is 1. The number of aryl methyl sites for hydroxylation is 1. The molecule has 0 saturated heterocycles. The van der Waals surface area contributed by atoms with Crippen molar-refractivity contribution < 1.29 is 18.1 Å². The molecule has 0 bridgehead atoms. The number of carbonyl (C=O) groups excluding carboxylic acids is 1. The number of amides is 1. The number of nitrogens with one attached hydrogen (secondary N) is 2. The summed E-state index contributed by atoms with van der Waals surface area (Å²) in [6.45, 7) is 1.85. The second kappa shape index (κ2) is 10.6. The van der Waals surface area contributed by atoms with Gasteiger partial charge in [0.2, 0.25) is 10.0 Å². The molecule has 0 fully saturated rings. The summed E-state index contributed by atoms with van der Waals surface area (Å²) >= 11 is 0. The number of rotatable bonds is 9. The molecule has 10 heteroatoms. The molecule has 0 spiro atoms. The Bertz CT molecular complexity index is 1240. The highest BCUT2D eigenvalue weighted by molar-refractivity contribution is 7.89. The Hall–Kier alpha value is -3.89. The van der Waals surface area contributed by atoms with Crippen LogP contribution in [0.5, 0.6) is 0 Å². The molecular weight excluding hydrogens is 444 g/mol. The first-order valence-electron chi connectivity index (χ1n) is 9.95. The minimum Gasteiger partial charge on any atom is -0.271 e. The smallest absolute Gasteiger partial charge is 0.269 e. The number of nitro groups is 1. The van der Waals surface area contributed by atoms with E-state index in [1.54, 1.807) is 36.4 Å². The first-order valence-corrected chi connectivity index (χ1v) is 11.4. The number of sulfonamides is 1. The lowest BCUT2D eigenvalue weighted by Gasteiger charge is -2.17. The highest BCUT2D eigenvalue weighted by atomic mass is 32.2. The Morgan fingerprint density at radius 3 is 2.27 bits per heavy atom. The number of hydrogen-bond acceptors (Lipinski definition) is 6. The summed E-state index contributed by atoms with van der Waals surface area (Å²) < 4.78 is 28.1. The lowest BCUT2D eigenvalue weighted by molar-refractivity contribution is -0.384. The minimum absolute atomic E-state index is 0.0494. The van der Waals surface area contributed by atoms with Gasteiger partial charge in [-0.3, -0.25) is 14.9 Å². The van der Waals surface area contributed by atoms with E-state index in [9.17, 15) is 23.3 Å². The predicted molar refractivity (Wildman–Crippen MR) is 124 cm³/mol. The molecule has 0 aliphatic rings. The molecule has 3 aromatic rings. The summed E-state index contributed by atoms with van der Waals surface area (Å²) in [4.78, 5) is 23.1. The third kappa shape index (κ3) is 6.79. The van der Waals surface area contributed by atoms with Crippen molar-refractivity contribution in [2.75, 3.05) is 0 Å². The van der Waals surface area contributed by atoms with Crippen molar-refractivity contribution in [3.8, 4) is 0 Å². The van der Waals surface area contributed by atoms with Crippen LogP contribution < -0.4 is 10.1 Å². The summed E-state index contributed by atoms with van der Waals surface area (Å²) in [5.41, 5.74) is 4.48. The second-order valence-corrected chi connectivity index (χ2v) is 8.97. The fourth-order valence-electron chi connectivity index (χ4n) is 2.94. The average molecular weight is 467 g/mol. The van der Waals surface area contributed by atoms with E-state index in [4.69, 9.17) is 0 Å². The maximum atomic E-state index is 12.8. The Kier molecular flexibility index (Phi) is 7.65. The highest BCUT2D eigenvalue weighted by Gasteiger charge is 2.26. The van der Waals surface area contributed by atoms with Gasteiger partial charge in [-0.25, -0.2) is 13.8 Å². The minimum atomic E-state index is -3.96. The fourth-order valence-corrected chi connectivity index (χ4v) is 4.14. The van der Waals surface area contributed by atoms with E-state index in [1.807, 2.05) is 13.0 Å². The largest absolute Gasteiger partial charge is 0.271 e. The molecule has 0 aliphatic heterocycles. The maximum absolute atomic E-state index is 12.8. The molecule has 0 radical (unpaired) electrons. The zero-order valence-electron chi connectivity index (χ0n) is 17.7. The number of nitro benzene ring substituents is 1. The second-order valence-electron chi connectivity index (χ2n) is 7.26. The fraction of sp³-hybridized carbons (Fsp3) is 0.130. The molecule has 0 unspecified atom stereocenters. The van der Waals surface area contributed by atoms with Crippen LogP contribution >= 0.6 is 0 Å². The first kappa shape index (κ1) is 23.8. The molecule has 3 aromatic carbocycles. The van der Waals surface area contributed by atoms with Gasteiger partial charge in [0.05, 0.1) is 16.0 Å². The van der Waals surface area contributed by atoms with E-state index in [2.05, 4.69) is 15.2 Å². The summed E-state index contributed by atoms with van der Waals surface area (Å²) in [5, 5.41) is 14.6. The van der Waals surface area contributed by atoms with Gasteiger partial charge in [0.15, 0.2) is 0 Å². The van der Waals surface area contributed by atoms with Crippen molar-refractivity contribution in [2.45, 2.75) is 24.3 Å². The van der Waals surface area contributed by atoms with Crippen molar-refractivity contribution in [1.29, 1.82) is 0 Å². The lowest BCUT2D eigenvalue weighted by atomic mass is 10.1. The van der Waals surface area contributed by atoms with Crippen LogP contribution in [0.1, 0.15) is 16.7 Å². The Labute approximate surface area is 191 Å². The highest BCUT2D eigenvalue weighted by Crippen LogP contribution is 2.13. The van der Waals surface area contributed by atoms with Crippen LogP contribution in [0.15, 0.2) is 88.9 Å².